The monoisotopic (exact) mass is 880 g/mol. The Morgan fingerprint density at radius 3 is 1.37 bits per heavy atom. The number of aliphatic carboxylic acids is 1. The molecule has 0 rings (SSSR count). The standard InChI is InChI=1S/C55H93NO7/c1-6-8-10-12-14-16-18-20-22-24-25-26-27-28-30-31-33-35-37-39-41-43-45-53(57)62-50-51(49-61-48-47-52(55(59)60)56(3,4)5)63-54(58)46-44-42-40-38-36-34-32-29-23-21-19-17-15-13-11-9-7-2/h8,10,14,16,20-23,25-26,32,34,38,40,51-52H,6-7,9,11-13,15,17-19,24,27-31,33,35-37,39,41-50H2,1-5H3/b10-8+,16-14+,22-20+,23-21+,26-25+,34-32+,40-38+. The van der Waals surface area contributed by atoms with E-state index in [2.05, 4.69) is 98.9 Å². The normalized spacial score (nSPS) is 13.6. The maximum absolute atomic E-state index is 12.7. The molecule has 0 spiro atoms. The first-order valence-electron chi connectivity index (χ1n) is 25.1. The highest BCUT2D eigenvalue weighted by molar-refractivity contribution is 5.70. The molecule has 0 aliphatic rings. The zero-order valence-corrected chi connectivity index (χ0v) is 41.0. The van der Waals surface area contributed by atoms with Gasteiger partial charge in [0.05, 0.1) is 40.3 Å². The molecule has 8 heteroatoms. The summed E-state index contributed by atoms with van der Waals surface area (Å²) in [5.74, 6) is -1.82. The fourth-order valence-corrected chi connectivity index (χ4v) is 6.90. The number of unbranched alkanes of at least 4 members (excludes halogenated alkanes) is 16. The minimum atomic E-state index is -1.14. The first kappa shape index (κ1) is 59.5. The number of allylic oxidation sites excluding steroid dienone is 14. The lowest BCUT2D eigenvalue weighted by atomic mass is 10.1. The van der Waals surface area contributed by atoms with Gasteiger partial charge in [0.15, 0.2) is 6.10 Å². The average Bonchev–Trinajstić information content (AvgIpc) is 3.24. The highest BCUT2D eigenvalue weighted by Crippen LogP contribution is 2.14. The third kappa shape index (κ3) is 43.5. The summed E-state index contributed by atoms with van der Waals surface area (Å²) >= 11 is 0. The van der Waals surface area contributed by atoms with Crippen LogP contribution in [0.25, 0.3) is 0 Å². The Hall–Kier alpha value is -3.49. The van der Waals surface area contributed by atoms with Gasteiger partial charge in [-0.05, 0) is 83.5 Å². The lowest BCUT2D eigenvalue weighted by Gasteiger charge is -2.34. The van der Waals surface area contributed by atoms with Crippen molar-refractivity contribution >= 4 is 17.9 Å². The Bertz CT molecular complexity index is 1300. The molecule has 0 heterocycles. The first-order valence-corrected chi connectivity index (χ1v) is 25.1. The number of hydrogen-bond donors (Lipinski definition) is 0. The molecule has 0 aromatic rings. The van der Waals surface area contributed by atoms with Gasteiger partial charge in [0.1, 0.15) is 12.6 Å². The van der Waals surface area contributed by atoms with Crippen molar-refractivity contribution in [1.29, 1.82) is 0 Å². The van der Waals surface area contributed by atoms with Gasteiger partial charge in [-0.25, -0.2) is 0 Å². The van der Waals surface area contributed by atoms with Crippen LogP contribution in [-0.4, -0.2) is 75.5 Å². The summed E-state index contributed by atoms with van der Waals surface area (Å²) in [5.41, 5.74) is 0. The molecule has 0 aromatic heterocycles. The molecule has 0 fully saturated rings. The maximum Gasteiger partial charge on any atom is 0.306 e. The molecule has 0 saturated heterocycles. The van der Waals surface area contributed by atoms with Crippen molar-refractivity contribution in [2.24, 2.45) is 0 Å². The average molecular weight is 880 g/mol. The van der Waals surface area contributed by atoms with E-state index >= 15 is 0 Å². The minimum absolute atomic E-state index is 0.0147. The van der Waals surface area contributed by atoms with E-state index in [-0.39, 0.29) is 49.1 Å². The lowest BCUT2D eigenvalue weighted by molar-refractivity contribution is -0.889. The Morgan fingerprint density at radius 1 is 0.492 bits per heavy atom. The summed E-state index contributed by atoms with van der Waals surface area (Å²) in [6.07, 6.45) is 59.0. The van der Waals surface area contributed by atoms with Gasteiger partial charge in [0.25, 0.3) is 0 Å². The molecule has 0 aliphatic carbocycles. The highest BCUT2D eigenvalue weighted by Gasteiger charge is 2.25. The molecule has 0 radical (unpaired) electrons. The van der Waals surface area contributed by atoms with Crippen molar-refractivity contribution in [3.8, 4) is 0 Å². The van der Waals surface area contributed by atoms with Gasteiger partial charge in [-0.3, -0.25) is 9.59 Å². The highest BCUT2D eigenvalue weighted by atomic mass is 16.6. The number of hydrogen-bond acceptors (Lipinski definition) is 7. The predicted octanol–water partition coefficient (Wildman–Crippen LogP) is 13.1. The number of likely N-dealkylation sites (N-methyl/N-ethyl adjacent to an activating group) is 1. The lowest BCUT2D eigenvalue weighted by Crippen LogP contribution is -2.55. The minimum Gasteiger partial charge on any atom is -0.544 e. The van der Waals surface area contributed by atoms with E-state index in [4.69, 9.17) is 14.2 Å². The van der Waals surface area contributed by atoms with Crippen LogP contribution in [0.15, 0.2) is 85.1 Å². The van der Waals surface area contributed by atoms with Crippen LogP contribution in [-0.2, 0) is 28.6 Å². The number of quaternary nitrogens is 1. The van der Waals surface area contributed by atoms with Gasteiger partial charge in [-0.15, -0.1) is 0 Å². The van der Waals surface area contributed by atoms with Crippen LogP contribution in [0.2, 0.25) is 0 Å². The van der Waals surface area contributed by atoms with Crippen molar-refractivity contribution in [2.45, 2.75) is 206 Å². The van der Waals surface area contributed by atoms with E-state index in [1.54, 1.807) is 21.1 Å². The fraction of sp³-hybridized carbons (Fsp3) is 0.691. The van der Waals surface area contributed by atoms with Crippen LogP contribution in [0, 0.1) is 0 Å². The summed E-state index contributed by atoms with van der Waals surface area (Å²) in [4.78, 5) is 37.0. The van der Waals surface area contributed by atoms with Crippen LogP contribution in [0.1, 0.15) is 194 Å². The van der Waals surface area contributed by atoms with Gasteiger partial charge in [-0.2, -0.15) is 0 Å². The largest absolute Gasteiger partial charge is 0.544 e. The second-order valence-corrected chi connectivity index (χ2v) is 17.7. The molecule has 2 atom stereocenters. The van der Waals surface area contributed by atoms with Gasteiger partial charge < -0.3 is 28.6 Å². The topological polar surface area (TPSA) is 102 Å². The van der Waals surface area contributed by atoms with E-state index in [0.717, 1.165) is 70.6 Å². The SMILES string of the molecule is CC/C=C/C/C=C/C/C=C/C/C=C/CCCCCCCCCCCC(=O)OCC(COCCC(C(=O)[O-])[N+](C)(C)C)OC(=O)CCC/C=C/C/C=C/C/C=C/CCCCCCCC. The fourth-order valence-electron chi connectivity index (χ4n) is 6.90. The number of carbonyl (C=O) groups excluding carboxylic acids is 3. The second-order valence-electron chi connectivity index (χ2n) is 17.7. The number of carboxylic acid groups (broad SMARTS) is 1. The number of nitrogens with zero attached hydrogens (tertiary/aromatic N) is 1. The van der Waals surface area contributed by atoms with Gasteiger partial charge in [0.2, 0.25) is 0 Å². The second kappa shape index (κ2) is 45.1. The van der Waals surface area contributed by atoms with E-state index in [1.807, 2.05) is 0 Å². The molecule has 360 valence electrons. The molecule has 0 N–H and O–H groups in total. The number of ether oxygens (including phenoxy) is 3. The molecular weight excluding hydrogens is 787 g/mol. The molecule has 0 amide bonds. The zero-order valence-electron chi connectivity index (χ0n) is 41.0. The number of rotatable bonds is 44. The molecule has 0 aliphatic heterocycles. The summed E-state index contributed by atoms with van der Waals surface area (Å²) in [6, 6.07) is -0.740. The van der Waals surface area contributed by atoms with Crippen molar-refractivity contribution < 1.29 is 38.2 Å². The van der Waals surface area contributed by atoms with Gasteiger partial charge >= 0.3 is 11.9 Å². The Kier molecular flexibility index (Phi) is 42.6. The van der Waals surface area contributed by atoms with Crippen LogP contribution in [0.3, 0.4) is 0 Å². The molecule has 63 heavy (non-hydrogen) atoms. The van der Waals surface area contributed by atoms with E-state index in [1.165, 1.54) is 83.5 Å². The Balaban J connectivity index is 4.34. The van der Waals surface area contributed by atoms with Crippen molar-refractivity contribution in [3.63, 3.8) is 0 Å². The van der Waals surface area contributed by atoms with E-state index < -0.39 is 18.1 Å². The number of carbonyl (C=O) groups is 3. The van der Waals surface area contributed by atoms with Crippen molar-refractivity contribution in [3.05, 3.63) is 85.1 Å². The molecule has 0 bridgehead atoms. The zero-order chi connectivity index (χ0) is 46.3. The quantitative estimate of drug-likeness (QED) is 0.0260. The van der Waals surface area contributed by atoms with Crippen LogP contribution in [0.5, 0.6) is 0 Å². The number of esters is 2. The summed E-state index contributed by atoms with van der Waals surface area (Å²) in [6.45, 7) is 4.48. The smallest absolute Gasteiger partial charge is 0.306 e. The third-order valence-corrected chi connectivity index (χ3v) is 10.8. The van der Waals surface area contributed by atoms with Crippen molar-refractivity contribution in [1.82, 2.24) is 0 Å². The predicted molar refractivity (Wildman–Crippen MR) is 263 cm³/mol. The Morgan fingerprint density at radius 2 is 0.905 bits per heavy atom. The molecular formula is C55H93NO7. The summed E-state index contributed by atoms with van der Waals surface area (Å²) < 4.78 is 17.2. The Labute approximate surface area is 386 Å². The van der Waals surface area contributed by atoms with Crippen LogP contribution in [0.4, 0.5) is 0 Å². The summed E-state index contributed by atoms with van der Waals surface area (Å²) in [7, 11) is 5.39. The van der Waals surface area contributed by atoms with Crippen LogP contribution < -0.4 is 5.11 Å². The molecule has 2 unspecified atom stereocenters. The van der Waals surface area contributed by atoms with Gasteiger partial charge in [-0.1, -0.05) is 176 Å². The first-order chi connectivity index (χ1) is 30.6. The molecule has 0 aromatic carbocycles. The molecule has 8 nitrogen and oxygen atoms in total. The van der Waals surface area contributed by atoms with Gasteiger partial charge in [0, 0.05) is 19.3 Å². The molecule has 0 saturated carbocycles. The van der Waals surface area contributed by atoms with E-state index in [0.29, 0.717) is 12.8 Å². The van der Waals surface area contributed by atoms with E-state index in [9.17, 15) is 19.5 Å². The third-order valence-electron chi connectivity index (χ3n) is 10.8. The van der Waals surface area contributed by atoms with Crippen molar-refractivity contribution in [2.75, 3.05) is 41.0 Å². The van der Waals surface area contributed by atoms with Crippen LogP contribution >= 0.6 is 0 Å². The maximum atomic E-state index is 12.7. The number of carboxylic acids is 1. The summed E-state index contributed by atoms with van der Waals surface area (Å²) in [5, 5.41) is 11.7.